The van der Waals surface area contributed by atoms with E-state index in [9.17, 15) is 0 Å². The van der Waals surface area contributed by atoms with Crippen LogP contribution in [0.3, 0.4) is 0 Å². The SMILES string of the molecule is C(=C\c1ccc(N(c2ccc3ccccc3c2)c2ccc3ccccc3c2)cc1)/c1ccc(N(c2ccc3ccccc3c2)c2ccc3ccccc3c2)cc1.C/C=C/c1ccc(N(c2ccc(/C=C/c3ccc([Si](C)(C)C)cc3)cc2)c2ccc(/C=C/c3ccc([Si](C)(C)C)cc3)cc2)cc1.C[Si](C)(C)c1ccccc1. The zero-order valence-electron chi connectivity index (χ0n) is 66.2. The van der Waals surface area contributed by atoms with E-state index in [0.29, 0.717) is 0 Å². The molecule has 0 fully saturated rings. The Kier molecular flexibility index (Phi) is 23.6. The Hall–Kier alpha value is -12.4. The summed E-state index contributed by atoms with van der Waals surface area (Å²) in [6, 6.07) is 134. The van der Waals surface area contributed by atoms with E-state index in [1.165, 1.54) is 86.5 Å². The van der Waals surface area contributed by atoms with Gasteiger partial charge in [-0.3, -0.25) is 0 Å². The molecule has 0 N–H and O–H groups in total. The van der Waals surface area contributed by atoms with Crippen molar-refractivity contribution in [1.82, 2.24) is 0 Å². The zero-order chi connectivity index (χ0) is 77.6. The lowest BCUT2D eigenvalue weighted by Crippen LogP contribution is -2.37. The summed E-state index contributed by atoms with van der Waals surface area (Å²) in [5.74, 6) is 0. The lowest BCUT2D eigenvalue weighted by atomic mass is 10.1. The predicted octanol–water partition coefficient (Wildman–Crippen LogP) is 29.3. The number of benzene rings is 16. The molecule has 0 heterocycles. The van der Waals surface area contributed by atoms with Gasteiger partial charge in [0.05, 0.1) is 24.2 Å². The third-order valence-corrected chi connectivity index (χ3v) is 26.9. The van der Waals surface area contributed by atoms with Gasteiger partial charge in [-0.2, -0.15) is 0 Å². The van der Waals surface area contributed by atoms with Crippen LogP contribution >= 0.6 is 0 Å². The number of allylic oxidation sites excluding steroid dienone is 1. The molecule has 112 heavy (non-hydrogen) atoms. The first kappa shape index (κ1) is 76.3. The number of rotatable bonds is 19. The number of hydrogen-bond donors (Lipinski definition) is 0. The molecule has 0 aliphatic rings. The number of anilines is 9. The second-order valence-electron chi connectivity index (χ2n) is 31.9. The minimum absolute atomic E-state index is 1.03. The maximum absolute atomic E-state index is 2.39. The molecule has 0 bridgehead atoms. The molecular weight excluding hydrogens is 1400 g/mol. The van der Waals surface area contributed by atoms with Crippen LogP contribution in [0.15, 0.2) is 376 Å². The molecule has 16 rings (SSSR count). The summed E-state index contributed by atoms with van der Waals surface area (Å²) in [4.78, 5) is 7.02. The Labute approximate surface area is 667 Å². The van der Waals surface area contributed by atoms with Crippen molar-refractivity contribution >= 4 is 177 Å². The van der Waals surface area contributed by atoms with Crippen LogP contribution < -0.4 is 30.3 Å². The monoisotopic (exact) mass is 1500 g/mol. The average molecular weight is 1500 g/mol. The van der Waals surface area contributed by atoms with Gasteiger partial charge in [-0.05, 0) is 198 Å². The van der Waals surface area contributed by atoms with Crippen LogP contribution in [0.25, 0.3) is 85.6 Å². The van der Waals surface area contributed by atoms with Gasteiger partial charge in [0.25, 0.3) is 0 Å². The van der Waals surface area contributed by atoms with Crippen molar-refractivity contribution in [2.24, 2.45) is 0 Å². The molecule has 0 aliphatic carbocycles. The summed E-state index contributed by atoms with van der Waals surface area (Å²) < 4.78 is 0. The minimum Gasteiger partial charge on any atom is -0.311 e. The fourth-order valence-corrected chi connectivity index (χ4v) is 17.7. The Morgan fingerprint density at radius 2 is 0.348 bits per heavy atom. The van der Waals surface area contributed by atoms with Crippen LogP contribution in [0.2, 0.25) is 58.9 Å². The molecular formula is C106H99N3Si3. The standard InChI is InChI=1S/C54H38N2.C43H47NSi2.C9H14Si/c1-5-13-45-35-51(31-23-41(45)9-1)55(52-32-24-42-10-2-6-14-46(42)36-52)49-27-19-39(20-28-49)17-18-40-21-29-50(30-22-40)56(53-33-25-43-11-3-7-15-47(43)37-53)54-34-26-44-12-4-8-16-48(44)38-54;1-8-9-34-14-24-39(25-15-34)44(40-26-16-35(17-27-40)10-12-37-20-30-42(31-21-37)45(2,3)4)41-28-18-36(19-29-41)11-13-38-22-32-43(33-23-38)46(5,6)7;1-10(2,3)9-7-5-4-6-8-9/h1-38H;8-33H,1-7H3;4-8H,1-3H3/b18-17+;9-8+,12-10+,13-11+;. The van der Waals surface area contributed by atoms with Crippen LogP contribution in [0.4, 0.5) is 51.2 Å². The van der Waals surface area contributed by atoms with Crippen molar-refractivity contribution in [2.45, 2.75) is 65.8 Å². The highest BCUT2D eigenvalue weighted by atomic mass is 28.3. The summed E-state index contributed by atoms with van der Waals surface area (Å²) in [7, 11) is -3.61. The molecule has 6 heteroatoms. The van der Waals surface area contributed by atoms with Crippen LogP contribution in [-0.2, 0) is 0 Å². The summed E-state index contributed by atoms with van der Waals surface area (Å²) in [5, 5.41) is 14.3. The molecule has 0 amide bonds. The van der Waals surface area contributed by atoms with Gasteiger partial charge < -0.3 is 14.7 Å². The van der Waals surface area contributed by atoms with Crippen molar-refractivity contribution in [3.8, 4) is 0 Å². The maximum atomic E-state index is 2.39. The van der Waals surface area contributed by atoms with E-state index in [4.69, 9.17) is 0 Å². The van der Waals surface area contributed by atoms with Gasteiger partial charge >= 0.3 is 0 Å². The predicted molar refractivity (Wildman–Crippen MR) is 503 cm³/mol. The summed E-state index contributed by atoms with van der Waals surface area (Å²) in [6.07, 6.45) is 17.4. The number of nitrogens with zero attached hydrogens (tertiary/aromatic N) is 3. The molecule has 0 aromatic heterocycles. The van der Waals surface area contributed by atoms with Gasteiger partial charge in [0.15, 0.2) is 0 Å². The van der Waals surface area contributed by atoms with Crippen molar-refractivity contribution in [3.05, 3.63) is 415 Å². The van der Waals surface area contributed by atoms with Crippen LogP contribution in [-0.4, -0.2) is 24.2 Å². The molecule has 0 atom stereocenters. The highest BCUT2D eigenvalue weighted by Crippen LogP contribution is 2.41. The maximum Gasteiger partial charge on any atom is 0.0775 e. The van der Waals surface area contributed by atoms with Crippen molar-refractivity contribution < 1.29 is 0 Å². The zero-order valence-corrected chi connectivity index (χ0v) is 69.2. The Balaban J connectivity index is 0.000000168. The lowest BCUT2D eigenvalue weighted by Gasteiger charge is -2.26. The molecule has 0 saturated heterocycles. The fraction of sp³-hybridized carbons (Fsp3) is 0.0943. The van der Waals surface area contributed by atoms with Crippen LogP contribution in [0.1, 0.15) is 45.9 Å². The van der Waals surface area contributed by atoms with Gasteiger partial charge in [-0.1, -0.05) is 384 Å². The van der Waals surface area contributed by atoms with E-state index in [2.05, 4.69) is 499 Å². The largest absolute Gasteiger partial charge is 0.311 e. The van der Waals surface area contributed by atoms with Gasteiger partial charge in [0.1, 0.15) is 0 Å². The molecule has 16 aromatic carbocycles. The minimum atomic E-state index is -1.29. The van der Waals surface area contributed by atoms with Crippen molar-refractivity contribution in [1.29, 1.82) is 0 Å². The van der Waals surface area contributed by atoms with Crippen LogP contribution in [0, 0.1) is 0 Å². The summed E-state index contributed by atoms with van der Waals surface area (Å²) in [6.45, 7) is 23.5. The first-order valence-electron chi connectivity index (χ1n) is 39.1. The smallest absolute Gasteiger partial charge is 0.0775 e. The van der Waals surface area contributed by atoms with Gasteiger partial charge in [0.2, 0.25) is 0 Å². The highest BCUT2D eigenvalue weighted by Gasteiger charge is 2.20. The highest BCUT2D eigenvalue weighted by molar-refractivity contribution is 6.89. The summed E-state index contributed by atoms with van der Waals surface area (Å²) in [5.41, 5.74) is 18.4. The van der Waals surface area contributed by atoms with E-state index in [1.807, 2.05) is 0 Å². The number of hydrogen-bond acceptors (Lipinski definition) is 3. The third kappa shape index (κ3) is 19.2. The van der Waals surface area contributed by atoms with Gasteiger partial charge in [-0.15, -0.1) is 0 Å². The number of fused-ring (bicyclic) bond motifs is 4. The first-order valence-corrected chi connectivity index (χ1v) is 49.6. The third-order valence-electron chi connectivity index (χ3n) is 20.7. The first-order chi connectivity index (χ1) is 54.3. The molecule has 3 nitrogen and oxygen atoms in total. The molecule has 0 spiro atoms. The molecule has 0 saturated carbocycles. The second-order valence-corrected chi connectivity index (χ2v) is 47.2. The fourth-order valence-electron chi connectivity index (χ4n) is 14.2. The van der Waals surface area contributed by atoms with Crippen LogP contribution in [0.5, 0.6) is 0 Å². The Morgan fingerprint density at radius 3 is 0.562 bits per heavy atom. The summed E-state index contributed by atoms with van der Waals surface area (Å²) >= 11 is 0. The lowest BCUT2D eigenvalue weighted by molar-refractivity contribution is 1.28. The van der Waals surface area contributed by atoms with Crippen molar-refractivity contribution in [3.63, 3.8) is 0 Å². The molecule has 550 valence electrons. The average Bonchev–Trinajstić information content (AvgIpc) is 0.791. The molecule has 0 unspecified atom stereocenters. The molecule has 16 aromatic rings. The quantitative estimate of drug-likeness (QED) is 0.0590. The van der Waals surface area contributed by atoms with E-state index >= 15 is 0 Å². The Bertz CT molecular complexity index is 5490. The van der Waals surface area contributed by atoms with Crippen molar-refractivity contribution in [2.75, 3.05) is 14.7 Å². The molecule has 0 radical (unpaired) electrons. The Morgan fingerprint density at radius 1 is 0.170 bits per heavy atom. The van der Waals surface area contributed by atoms with E-state index in [1.54, 1.807) is 0 Å². The van der Waals surface area contributed by atoms with E-state index in [0.717, 1.165) is 62.3 Å². The van der Waals surface area contributed by atoms with Gasteiger partial charge in [-0.25, -0.2) is 0 Å². The van der Waals surface area contributed by atoms with E-state index in [-0.39, 0.29) is 0 Å². The topological polar surface area (TPSA) is 9.72 Å². The van der Waals surface area contributed by atoms with Gasteiger partial charge in [0, 0.05) is 51.2 Å². The normalized spacial score (nSPS) is 11.9. The second kappa shape index (κ2) is 34.6. The molecule has 0 aliphatic heterocycles. The van der Waals surface area contributed by atoms with E-state index < -0.39 is 24.2 Å².